The van der Waals surface area contributed by atoms with Crippen molar-refractivity contribution in [3.05, 3.63) is 53.4 Å². The van der Waals surface area contributed by atoms with Crippen LogP contribution in [0.4, 0.5) is 14.6 Å². The first-order chi connectivity index (χ1) is 22.8. The fourth-order valence-electron chi connectivity index (χ4n) is 7.21. The Morgan fingerprint density at radius 1 is 1.11 bits per heavy atom. The number of pyridine rings is 1. The molecule has 0 amide bonds. The van der Waals surface area contributed by atoms with Crippen LogP contribution in [0.3, 0.4) is 0 Å². The van der Waals surface area contributed by atoms with Crippen LogP contribution in [0.5, 0.6) is 11.8 Å². The van der Waals surface area contributed by atoms with Crippen molar-refractivity contribution in [2.45, 2.75) is 46.0 Å². The maximum atomic E-state index is 17.1. The Balaban J connectivity index is 1.41. The molecular weight excluding hydrogens is 602 g/mol. The average Bonchev–Trinajstić information content (AvgIpc) is 3.70. The second-order valence-corrected chi connectivity index (χ2v) is 13.4. The minimum atomic E-state index is -0.710. The summed E-state index contributed by atoms with van der Waals surface area (Å²) in [6.07, 6.45) is 7.89. The first-order valence-electron chi connectivity index (χ1n) is 16.7. The third kappa shape index (κ3) is 6.18. The van der Waals surface area contributed by atoms with Crippen LogP contribution in [-0.4, -0.2) is 77.5 Å². The molecule has 2 aromatic heterocycles. The number of rotatable bonds is 9. The fourth-order valence-corrected chi connectivity index (χ4v) is 7.21. The van der Waals surface area contributed by atoms with Crippen LogP contribution in [0.25, 0.3) is 39.0 Å². The Morgan fingerprint density at radius 3 is 2.66 bits per heavy atom. The molecule has 1 aliphatic carbocycles. The summed E-state index contributed by atoms with van der Waals surface area (Å²) in [6, 6.07) is 6.01. The van der Waals surface area contributed by atoms with E-state index in [1.54, 1.807) is 18.2 Å². The normalized spacial score (nSPS) is 20.0. The predicted molar refractivity (Wildman–Crippen MR) is 179 cm³/mol. The van der Waals surface area contributed by atoms with Gasteiger partial charge in [0.2, 0.25) is 0 Å². The molecule has 11 heteroatoms. The van der Waals surface area contributed by atoms with Crippen LogP contribution in [0.2, 0.25) is 0 Å². The molecule has 2 saturated heterocycles. The summed E-state index contributed by atoms with van der Waals surface area (Å²) < 4.78 is 44.4. The predicted octanol–water partition coefficient (Wildman–Crippen LogP) is 6.05. The lowest BCUT2D eigenvalue weighted by atomic mass is 9.94. The minimum absolute atomic E-state index is 0.0243. The zero-order valence-electron chi connectivity index (χ0n) is 27.1. The van der Waals surface area contributed by atoms with Crippen molar-refractivity contribution in [3.63, 3.8) is 0 Å². The molecule has 2 aliphatic heterocycles. The van der Waals surface area contributed by atoms with Crippen molar-refractivity contribution >= 4 is 33.6 Å². The monoisotopic (exact) mass is 644 g/mol. The SMILES string of the molecule is CCc1c(F)ccc2cc(O)cc(-c3nc(/C=C\N)c4c(N5CCOCC(C)C5)nc(OCC5(CN6CCCC6)CC5)nc4c3F)c12. The van der Waals surface area contributed by atoms with E-state index < -0.39 is 11.6 Å². The van der Waals surface area contributed by atoms with E-state index in [0.717, 1.165) is 32.5 Å². The van der Waals surface area contributed by atoms with Crippen LogP contribution in [0.1, 0.15) is 50.8 Å². The molecule has 3 fully saturated rings. The van der Waals surface area contributed by atoms with Gasteiger partial charge in [0.25, 0.3) is 0 Å². The summed E-state index contributed by atoms with van der Waals surface area (Å²) >= 11 is 0. The van der Waals surface area contributed by atoms with Gasteiger partial charge in [-0.25, -0.2) is 13.8 Å². The largest absolute Gasteiger partial charge is 0.508 e. The molecule has 47 heavy (non-hydrogen) atoms. The summed E-state index contributed by atoms with van der Waals surface area (Å²) in [7, 11) is 0. The molecule has 0 spiro atoms. The van der Waals surface area contributed by atoms with Gasteiger partial charge in [0.15, 0.2) is 5.82 Å². The smallest absolute Gasteiger partial charge is 0.319 e. The Hall–Kier alpha value is -4.09. The Bertz CT molecular complexity index is 1840. The molecule has 3 N–H and O–H groups in total. The number of aromatic hydroxyl groups is 1. The van der Waals surface area contributed by atoms with E-state index in [4.69, 9.17) is 30.2 Å². The number of nitrogens with zero attached hydrogens (tertiary/aromatic N) is 5. The number of aryl methyl sites for hydroxylation is 1. The number of aromatic nitrogens is 3. The third-order valence-corrected chi connectivity index (χ3v) is 9.75. The molecule has 3 aliphatic rings. The highest BCUT2D eigenvalue weighted by Gasteiger charge is 2.45. The molecule has 4 aromatic rings. The molecule has 248 valence electrons. The topological polar surface area (TPSA) is 110 Å². The summed E-state index contributed by atoms with van der Waals surface area (Å²) in [6.45, 7) is 9.85. The van der Waals surface area contributed by atoms with Gasteiger partial charge in [-0.1, -0.05) is 19.9 Å². The van der Waals surface area contributed by atoms with Gasteiger partial charge in [-0.05, 0) is 97.9 Å². The number of nitrogens with two attached hydrogens (primary N) is 1. The van der Waals surface area contributed by atoms with Crippen LogP contribution < -0.4 is 15.4 Å². The second-order valence-electron chi connectivity index (χ2n) is 13.4. The van der Waals surface area contributed by atoms with Gasteiger partial charge in [-0.2, -0.15) is 9.97 Å². The van der Waals surface area contributed by atoms with Crippen LogP contribution in [-0.2, 0) is 11.2 Å². The number of halogens is 2. The van der Waals surface area contributed by atoms with Crippen molar-refractivity contribution < 1.29 is 23.4 Å². The standard InChI is InChI=1S/C36H42F2N6O3/c1-3-25-27(37)7-6-23-16-24(45)17-26(29(23)25)32-31(38)33-30(28(40-32)8-11-39)34(44-14-15-46-19-22(2)18-44)42-35(41-33)47-21-36(9-10-36)20-43-12-4-5-13-43/h6-8,11,16-17,22,45H,3-5,9-10,12-15,18-21,39H2,1-2H3/b11-8-. The van der Waals surface area contributed by atoms with E-state index in [2.05, 4.69) is 16.7 Å². The lowest BCUT2D eigenvalue weighted by Gasteiger charge is -2.26. The number of phenolic OH excluding ortho intramolecular Hbond substituents is 1. The maximum absolute atomic E-state index is 17.1. The van der Waals surface area contributed by atoms with Gasteiger partial charge in [0.1, 0.15) is 28.6 Å². The van der Waals surface area contributed by atoms with E-state index in [0.29, 0.717) is 72.6 Å². The molecule has 1 atom stereocenters. The molecule has 1 saturated carbocycles. The highest BCUT2D eigenvalue weighted by molar-refractivity contribution is 6.03. The molecule has 4 heterocycles. The van der Waals surface area contributed by atoms with Crippen LogP contribution >= 0.6 is 0 Å². The van der Waals surface area contributed by atoms with Crippen molar-refractivity contribution in [2.75, 3.05) is 57.4 Å². The maximum Gasteiger partial charge on any atom is 0.319 e. The highest BCUT2D eigenvalue weighted by Crippen LogP contribution is 2.47. The summed E-state index contributed by atoms with van der Waals surface area (Å²) in [5, 5.41) is 12.2. The molecule has 1 unspecified atom stereocenters. The van der Waals surface area contributed by atoms with Gasteiger partial charge < -0.3 is 30.1 Å². The molecular formula is C36H42F2N6O3. The number of phenols is 1. The molecule has 2 aromatic carbocycles. The van der Waals surface area contributed by atoms with Crippen molar-refractivity contribution in [1.82, 2.24) is 19.9 Å². The van der Waals surface area contributed by atoms with E-state index >= 15 is 8.78 Å². The van der Waals surface area contributed by atoms with Gasteiger partial charge >= 0.3 is 6.01 Å². The van der Waals surface area contributed by atoms with Crippen molar-refractivity contribution in [2.24, 2.45) is 17.1 Å². The first-order valence-corrected chi connectivity index (χ1v) is 16.7. The lowest BCUT2D eigenvalue weighted by molar-refractivity contribution is 0.129. The Kier molecular flexibility index (Phi) is 8.61. The molecule has 9 nitrogen and oxygen atoms in total. The summed E-state index contributed by atoms with van der Waals surface area (Å²) in [5.74, 6) is -0.501. The zero-order valence-corrected chi connectivity index (χ0v) is 27.1. The van der Waals surface area contributed by atoms with Crippen LogP contribution in [0.15, 0.2) is 30.5 Å². The van der Waals surface area contributed by atoms with E-state index in [1.165, 1.54) is 31.2 Å². The number of ether oxygens (including phenoxy) is 2. The van der Waals surface area contributed by atoms with Gasteiger partial charge in [-0.15, -0.1) is 0 Å². The highest BCUT2D eigenvalue weighted by atomic mass is 19.1. The Labute approximate surface area is 273 Å². The summed E-state index contributed by atoms with van der Waals surface area (Å²) in [5.41, 5.74) is 6.97. The van der Waals surface area contributed by atoms with Gasteiger partial charge in [-0.3, -0.25) is 0 Å². The number of likely N-dealkylation sites (tertiary alicyclic amines) is 1. The van der Waals surface area contributed by atoms with Crippen molar-refractivity contribution in [3.8, 4) is 23.0 Å². The number of benzene rings is 2. The third-order valence-electron chi connectivity index (χ3n) is 9.75. The first kappa shape index (κ1) is 31.5. The van der Waals surface area contributed by atoms with Crippen LogP contribution in [0, 0.1) is 23.0 Å². The van der Waals surface area contributed by atoms with E-state index in [1.807, 2.05) is 6.92 Å². The number of fused-ring (bicyclic) bond motifs is 2. The molecule has 7 rings (SSSR count). The number of anilines is 1. The molecule has 0 bridgehead atoms. The van der Waals surface area contributed by atoms with Gasteiger partial charge in [0, 0.05) is 30.6 Å². The van der Waals surface area contributed by atoms with E-state index in [9.17, 15) is 5.11 Å². The number of hydrogen-bond donors (Lipinski definition) is 2. The minimum Gasteiger partial charge on any atom is -0.508 e. The zero-order chi connectivity index (χ0) is 32.7. The summed E-state index contributed by atoms with van der Waals surface area (Å²) in [4.78, 5) is 19.0. The average molecular weight is 645 g/mol. The Morgan fingerprint density at radius 2 is 1.91 bits per heavy atom. The number of hydrogen-bond acceptors (Lipinski definition) is 9. The van der Waals surface area contributed by atoms with Crippen molar-refractivity contribution in [1.29, 1.82) is 0 Å². The van der Waals surface area contributed by atoms with E-state index in [-0.39, 0.29) is 39.9 Å². The molecule has 0 radical (unpaired) electrons. The quantitative estimate of drug-likeness (QED) is 0.225. The lowest BCUT2D eigenvalue weighted by Crippen LogP contribution is -2.32. The fraction of sp³-hybridized carbons (Fsp3) is 0.472. The van der Waals surface area contributed by atoms with Gasteiger partial charge in [0.05, 0.1) is 30.9 Å². The second kappa shape index (κ2) is 12.8.